The number of aryl methyl sites for hydroxylation is 1. The van der Waals surface area contributed by atoms with Crippen molar-refractivity contribution in [3.05, 3.63) is 127 Å². The fourth-order valence-electron chi connectivity index (χ4n) is 4.37. The monoisotopic (exact) mass is 458 g/mol. The molecule has 5 nitrogen and oxygen atoms in total. The second-order valence-corrected chi connectivity index (χ2v) is 8.35. The molecule has 5 aromatic rings. The van der Waals surface area contributed by atoms with Gasteiger partial charge in [0.05, 0.1) is 11.9 Å². The summed E-state index contributed by atoms with van der Waals surface area (Å²) < 4.78 is 4.30. The largest absolute Gasteiger partial charge is 0.343 e. The number of rotatable bonds is 7. The molecule has 0 saturated heterocycles. The van der Waals surface area contributed by atoms with Crippen LogP contribution in [0.15, 0.2) is 115 Å². The number of hydrazone groups is 1. The lowest BCUT2D eigenvalue weighted by Crippen LogP contribution is -2.17. The van der Waals surface area contributed by atoms with Crippen LogP contribution >= 0.6 is 0 Å². The molecule has 0 aliphatic heterocycles. The third kappa shape index (κ3) is 4.44. The predicted molar refractivity (Wildman–Crippen MR) is 143 cm³/mol. The topological polar surface area (TPSA) is 51.3 Å². The Hall–Kier alpha value is -4.64. The van der Waals surface area contributed by atoms with Crippen LogP contribution in [0, 0.1) is 6.92 Å². The molecule has 35 heavy (non-hydrogen) atoms. The Labute approximate surface area is 204 Å². The Kier molecular flexibility index (Phi) is 6.14. The van der Waals surface area contributed by atoms with E-state index >= 15 is 0 Å². The van der Waals surface area contributed by atoms with Gasteiger partial charge in [0.1, 0.15) is 0 Å². The van der Waals surface area contributed by atoms with E-state index in [1.54, 1.807) is 6.21 Å². The third-order valence-corrected chi connectivity index (χ3v) is 6.05. The fraction of sp³-hybridized carbons (Fsp3) is 0.0667. The summed E-state index contributed by atoms with van der Waals surface area (Å²) in [5, 5.41) is 5.29. The molecule has 1 amide bonds. The maximum Gasteiger partial charge on any atom is 0.271 e. The van der Waals surface area contributed by atoms with E-state index in [9.17, 15) is 4.79 Å². The highest BCUT2D eigenvalue weighted by Gasteiger charge is 2.11. The standard InChI is InChI=1S/C30H26N4O/c1-3-19-33-21-25(27-11-7-8-12-29(27)33)20-31-32-30(35)24-14-16-26(17-15-24)34-22(2)13-18-28(34)23-9-5-4-6-10-23/h3-18,20-21H,1,19H2,2H3,(H,32,35)/b31-20+. The van der Waals surface area contributed by atoms with Crippen molar-refractivity contribution >= 4 is 23.0 Å². The van der Waals surface area contributed by atoms with Crippen molar-refractivity contribution in [3.63, 3.8) is 0 Å². The first-order valence-electron chi connectivity index (χ1n) is 11.5. The number of allylic oxidation sites excluding steroid dienone is 1. The van der Waals surface area contributed by atoms with Crippen LogP contribution in [0.1, 0.15) is 21.6 Å². The lowest BCUT2D eigenvalue weighted by molar-refractivity contribution is 0.0955. The van der Waals surface area contributed by atoms with E-state index in [1.807, 2.05) is 72.9 Å². The predicted octanol–water partition coefficient (Wildman–Crippen LogP) is 6.36. The SMILES string of the molecule is C=CCn1cc(/C=N/NC(=O)c2ccc(-n3c(C)ccc3-c3ccccc3)cc2)c2ccccc21. The Balaban J connectivity index is 1.33. The summed E-state index contributed by atoms with van der Waals surface area (Å²) in [5.74, 6) is -0.254. The highest BCUT2D eigenvalue weighted by atomic mass is 16.2. The number of aromatic nitrogens is 2. The van der Waals surface area contributed by atoms with Crippen LogP contribution in [0.25, 0.3) is 27.8 Å². The molecule has 1 N–H and O–H groups in total. The summed E-state index contributed by atoms with van der Waals surface area (Å²) >= 11 is 0. The molecule has 5 heteroatoms. The van der Waals surface area contributed by atoms with Crippen molar-refractivity contribution in [1.82, 2.24) is 14.6 Å². The average molecular weight is 459 g/mol. The number of carbonyl (C=O) groups excluding carboxylic acids is 1. The van der Waals surface area contributed by atoms with Crippen molar-refractivity contribution in [2.24, 2.45) is 5.10 Å². The van der Waals surface area contributed by atoms with Gasteiger partial charge in [-0.1, -0.05) is 54.6 Å². The van der Waals surface area contributed by atoms with Crippen molar-refractivity contribution in [2.75, 3.05) is 0 Å². The number of hydrogen-bond donors (Lipinski definition) is 1. The zero-order valence-electron chi connectivity index (χ0n) is 19.6. The molecular weight excluding hydrogens is 432 g/mol. The molecule has 0 saturated carbocycles. The second kappa shape index (κ2) is 9.69. The number of nitrogens with zero attached hydrogens (tertiary/aromatic N) is 3. The molecule has 0 fully saturated rings. The Bertz CT molecular complexity index is 1520. The first-order valence-corrected chi connectivity index (χ1v) is 11.5. The van der Waals surface area contributed by atoms with E-state index in [0.29, 0.717) is 12.1 Å². The van der Waals surface area contributed by atoms with Gasteiger partial charge in [0, 0.05) is 46.2 Å². The van der Waals surface area contributed by atoms with Gasteiger partial charge in [-0.15, -0.1) is 6.58 Å². The minimum Gasteiger partial charge on any atom is -0.343 e. The third-order valence-electron chi connectivity index (χ3n) is 6.05. The number of amides is 1. The van der Waals surface area contributed by atoms with Gasteiger partial charge in [0.2, 0.25) is 0 Å². The summed E-state index contributed by atoms with van der Waals surface area (Å²) in [6.07, 6.45) is 5.56. The van der Waals surface area contributed by atoms with E-state index in [2.05, 4.69) is 63.5 Å². The number of hydrogen-bond acceptors (Lipinski definition) is 2. The molecule has 5 rings (SSSR count). The van der Waals surface area contributed by atoms with Crippen LogP contribution in [0.5, 0.6) is 0 Å². The number of fused-ring (bicyclic) bond motifs is 1. The quantitative estimate of drug-likeness (QED) is 0.172. The van der Waals surface area contributed by atoms with Gasteiger partial charge in [0.15, 0.2) is 0 Å². The Morgan fingerprint density at radius 2 is 1.69 bits per heavy atom. The van der Waals surface area contributed by atoms with Crippen molar-refractivity contribution in [1.29, 1.82) is 0 Å². The summed E-state index contributed by atoms with van der Waals surface area (Å²) in [4.78, 5) is 12.7. The smallest absolute Gasteiger partial charge is 0.271 e. The van der Waals surface area contributed by atoms with Crippen LogP contribution in [0.3, 0.4) is 0 Å². The Morgan fingerprint density at radius 3 is 2.46 bits per heavy atom. The van der Waals surface area contributed by atoms with E-state index in [0.717, 1.165) is 39.1 Å². The summed E-state index contributed by atoms with van der Waals surface area (Å²) in [7, 11) is 0. The maximum absolute atomic E-state index is 12.7. The summed E-state index contributed by atoms with van der Waals surface area (Å²) in [6, 6.07) is 30.2. The van der Waals surface area contributed by atoms with Crippen LogP contribution in [-0.4, -0.2) is 21.3 Å². The fourth-order valence-corrected chi connectivity index (χ4v) is 4.37. The zero-order chi connectivity index (χ0) is 24.2. The van der Waals surface area contributed by atoms with Crippen molar-refractivity contribution in [3.8, 4) is 16.9 Å². The maximum atomic E-state index is 12.7. The first-order chi connectivity index (χ1) is 17.2. The Morgan fingerprint density at radius 1 is 0.943 bits per heavy atom. The summed E-state index contributed by atoms with van der Waals surface area (Å²) in [6.45, 7) is 6.61. The average Bonchev–Trinajstić information content (AvgIpc) is 3.45. The molecule has 0 aliphatic carbocycles. The van der Waals surface area contributed by atoms with E-state index in [-0.39, 0.29) is 5.91 Å². The minimum atomic E-state index is -0.254. The first kappa shape index (κ1) is 22.2. The van der Waals surface area contributed by atoms with Crippen LogP contribution in [0.4, 0.5) is 0 Å². The molecule has 0 atom stereocenters. The van der Waals surface area contributed by atoms with E-state index < -0.39 is 0 Å². The van der Waals surface area contributed by atoms with Crippen molar-refractivity contribution < 1.29 is 4.79 Å². The lowest BCUT2D eigenvalue weighted by Gasteiger charge is -2.12. The normalized spacial score (nSPS) is 11.2. The molecule has 0 bridgehead atoms. The van der Waals surface area contributed by atoms with Crippen molar-refractivity contribution in [2.45, 2.75) is 13.5 Å². The molecule has 0 spiro atoms. The van der Waals surface area contributed by atoms with Gasteiger partial charge >= 0.3 is 0 Å². The van der Waals surface area contributed by atoms with Crippen LogP contribution in [0.2, 0.25) is 0 Å². The van der Waals surface area contributed by atoms with E-state index in [1.165, 1.54) is 0 Å². The molecule has 2 heterocycles. The van der Waals surface area contributed by atoms with Gasteiger partial charge in [-0.25, -0.2) is 5.43 Å². The van der Waals surface area contributed by atoms with Crippen LogP contribution in [-0.2, 0) is 6.54 Å². The van der Waals surface area contributed by atoms with E-state index in [4.69, 9.17) is 0 Å². The number of carbonyl (C=O) groups is 1. The van der Waals surface area contributed by atoms with Crippen LogP contribution < -0.4 is 5.43 Å². The number of benzene rings is 3. The highest BCUT2D eigenvalue weighted by Crippen LogP contribution is 2.26. The number of para-hydroxylation sites is 1. The molecule has 0 unspecified atom stereocenters. The molecule has 2 aromatic heterocycles. The summed E-state index contributed by atoms with van der Waals surface area (Å²) in [5.41, 5.74) is 9.62. The van der Waals surface area contributed by atoms with Gasteiger partial charge in [-0.3, -0.25) is 4.79 Å². The molecule has 3 aromatic carbocycles. The molecular formula is C30H26N4O. The molecule has 0 aliphatic rings. The van der Waals surface area contributed by atoms with Gasteiger partial charge < -0.3 is 9.13 Å². The lowest BCUT2D eigenvalue weighted by atomic mass is 10.1. The highest BCUT2D eigenvalue weighted by molar-refractivity contribution is 6.00. The molecule has 172 valence electrons. The molecule has 0 radical (unpaired) electrons. The van der Waals surface area contributed by atoms with Gasteiger partial charge in [-0.05, 0) is 55.0 Å². The minimum absolute atomic E-state index is 0.254. The number of nitrogens with one attached hydrogen (secondary N) is 1. The van der Waals surface area contributed by atoms with Gasteiger partial charge in [-0.2, -0.15) is 5.10 Å². The second-order valence-electron chi connectivity index (χ2n) is 8.35. The zero-order valence-corrected chi connectivity index (χ0v) is 19.6. The van der Waals surface area contributed by atoms with Gasteiger partial charge in [0.25, 0.3) is 5.91 Å².